The minimum Gasteiger partial charge on any atom is -0.352 e. The van der Waals surface area contributed by atoms with Crippen molar-refractivity contribution in [1.29, 1.82) is 0 Å². The smallest absolute Gasteiger partial charge is 0.244 e. The Hall–Kier alpha value is -1.71. The summed E-state index contributed by atoms with van der Waals surface area (Å²) in [5.74, 6) is -0.859. The maximum atomic E-state index is 13.8. The van der Waals surface area contributed by atoms with Crippen molar-refractivity contribution >= 4 is 73.9 Å². The lowest BCUT2D eigenvalue weighted by molar-refractivity contribution is -0.140. The number of nitrogens with zero attached hydrogens (tertiary/aromatic N) is 2. The number of benzene rings is 2. The highest BCUT2D eigenvalue weighted by molar-refractivity contribution is 7.92. The van der Waals surface area contributed by atoms with E-state index in [9.17, 15) is 18.0 Å². The van der Waals surface area contributed by atoms with Gasteiger partial charge in [0.25, 0.3) is 0 Å². The van der Waals surface area contributed by atoms with Gasteiger partial charge in [0.15, 0.2) is 0 Å². The van der Waals surface area contributed by atoms with E-state index in [-0.39, 0.29) is 34.2 Å². The average molecular weight is 623 g/mol. The van der Waals surface area contributed by atoms with E-state index in [1.54, 1.807) is 24.3 Å². The molecule has 1 N–H and O–H groups in total. The van der Waals surface area contributed by atoms with Gasteiger partial charge in [0, 0.05) is 12.6 Å². The molecule has 2 aromatic rings. The quantitative estimate of drug-likeness (QED) is 0.336. The molecular weight excluding hydrogens is 592 g/mol. The fraction of sp³-hybridized carbons (Fsp3) is 0.462. The van der Waals surface area contributed by atoms with Crippen molar-refractivity contribution in [2.75, 3.05) is 17.1 Å². The molecule has 0 spiro atoms. The number of nitrogens with one attached hydrogen (secondary N) is 1. The number of carbonyl (C=O) groups excluding carboxylic acids is 2. The topological polar surface area (TPSA) is 86.8 Å². The third-order valence-electron chi connectivity index (χ3n) is 6.55. The van der Waals surface area contributed by atoms with E-state index < -0.39 is 28.5 Å². The van der Waals surface area contributed by atoms with Crippen LogP contribution in [0.1, 0.15) is 51.0 Å². The Kier molecular flexibility index (Phi) is 11.0. The second-order valence-electron chi connectivity index (χ2n) is 9.38. The van der Waals surface area contributed by atoms with E-state index in [0.717, 1.165) is 42.7 Å². The average Bonchev–Trinajstić information content (AvgIpc) is 2.86. The number of halogens is 4. The van der Waals surface area contributed by atoms with Crippen molar-refractivity contribution in [3.63, 3.8) is 0 Å². The standard InChI is InChI=1S/C26H31Cl4N3O4S/c1-3-22(26(35)31-18-8-5-4-6-9-18)32(15-17-12-13-19(27)21(29)14-17)24(34)16-33(38(2,36)37)23-11-7-10-20(28)25(23)30/h7,10-14,18,22H,3-6,8-9,15-16H2,1-2H3,(H,31,35)/t22-/m1/s1. The molecular formula is C26H31Cl4N3O4S. The van der Waals surface area contributed by atoms with Crippen LogP contribution in [-0.2, 0) is 26.2 Å². The maximum Gasteiger partial charge on any atom is 0.244 e. The molecule has 1 saturated carbocycles. The van der Waals surface area contributed by atoms with Gasteiger partial charge in [-0.25, -0.2) is 8.42 Å². The molecule has 12 heteroatoms. The predicted octanol–water partition coefficient (Wildman–Crippen LogP) is 6.32. The van der Waals surface area contributed by atoms with Crippen LogP contribution in [0, 0.1) is 0 Å². The lowest BCUT2D eigenvalue weighted by Crippen LogP contribution is -2.54. The third kappa shape index (κ3) is 7.92. The molecule has 1 atom stereocenters. The van der Waals surface area contributed by atoms with Gasteiger partial charge in [-0.2, -0.15) is 0 Å². The molecule has 0 aromatic heterocycles. The third-order valence-corrected chi connectivity index (χ3v) is 9.23. The van der Waals surface area contributed by atoms with Crippen LogP contribution in [0.2, 0.25) is 20.1 Å². The minimum absolute atomic E-state index is 0.00510. The number of sulfonamides is 1. The van der Waals surface area contributed by atoms with Gasteiger partial charge in [0.2, 0.25) is 21.8 Å². The molecule has 1 fully saturated rings. The maximum absolute atomic E-state index is 13.8. The number of carbonyl (C=O) groups is 2. The Bertz CT molecular complexity index is 1270. The van der Waals surface area contributed by atoms with Crippen LogP contribution in [0.5, 0.6) is 0 Å². The molecule has 7 nitrogen and oxygen atoms in total. The molecule has 0 unspecified atom stereocenters. The van der Waals surface area contributed by atoms with Crippen LogP contribution in [-0.4, -0.2) is 50.0 Å². The molecule has 208 valence electrons. The molecule has 0 radical (unpaired) electrons. The first-order valence-corrected chi connectivity index (χ1v) is 15.7. The van der Waals surface area contributed by atoms with E-state index in [1.165, 1.54) is 17.0 Å². The van der Waals surface area contributed by atoms with Crippen LogP contribution >= 0.6 is 46.4 Å². The number of hydrogen-bond acceptors (Lipinski definition) is 4. The first-order valence-electron chi connectivity index (χ1n) is 12.4. The molecule has 3 rings (SSSR count). The Morgan fingerprint density at radius 3 is 2.29 bits per heavy atom. The van der Waals surface area contributed by atoms with Gasteiger partial charge in [-0.05, 0) is 49.1 Å². The summed E-state index contributed by atoms with van der Waals surface area (Å²) in [4.78, 5) is 28.6. The second kappa shape index (κ2) is 13.6. The summed E-state index contributed by atoms with van der Waals surface area (Å²) >= 11 is 24.7. The number of anilines is 1. The number of amides is 2. The van der Waals surface area contributed by atoms with Gasteiger partial charge >= 0.3 is 0 Å². The van der Waals surface area contributed by atoms with Gasteiger partial charge < -0.3 is 10.2 Å². The van der Waals surface area contributed by atoms with E-state index in [4.69, 9.17) is 46.4 Å². The van der Waals surface area contributed by atoms with Crippen LogP contribution in [0.25, 0.3) is 0 Å². The fourth-order valence-corrected chi connectivity index (χ4v) is 6.20. The molecule has 38 heavy (non-hydrogen) atoms. The Labute approximate surface area is 244 Å². The van der Waals surface area contributed by atoms with Crippen molar-refractivity contribution in [1.82, 2.24) is 10.2 Å². The lowest BCUT2D eigenvalue weighted by Gasteiger charge is -2.34. The monoisotopic (exact) mass is 621 g/mol. The van der Waals surface area contributed by atoms with E-state index >= 15 is 0 Å². The largest absolute Gasteiger partial charge is 0.352 e. The van der Waals surface area contributed by atoms with Gasteiger partial charge in [-0.15, -0.1) is 0 Å². The van der Waals surface area contributed by atoms with Crippen molar-refractivity contribution in [2.45, 2.75) is 64.1 Å². The van der Waals surface area contributed by atoms with Crippen molar-refractivity contribution < 1.29 is 18.0 Å². The van der Waals surface area contributed by atoms with Crippen molar-refractivity contribution in [3.8, 4) is 0 Å². The zero-order valence-corrected chi connectivity index (χ0v) is 25.1. The Balaban J connectivity index is 1.96. The highest BCUT2D eigenvalue weighted by atomic mass is 35.5. The predicted molar refractivity (Wildman–Crippen MR) is 155 cm³/mol. The molecule has 0 bridgehead atoms. The summed E-state index contributed by atoms with van der Waals surface area (Å²) in [6, 6.07) is 8.69. The Morgan fingerprint density at radius 1 is 1.00 bits per heavy atom. The number of hydrogen-bond donors (Lipinski definition) is 1. The second-order valence-corrected chi connectivity index (χ2v) is 12.9. The molecule has 0 saturated heterocycles. The molecule has 2 aromatic carbocycles. The molecule has 1 aliphatic rings. The summed E-state index contributed by atoms with van der Waals surface area (Å²) in [6.07, 6.45) is 6.29. The molecule has 0 heterocycles. The van der Waals surface area contributed by atoms with E-state index in [1.807, 2.05) is 6.92 Å². The number of rotatable bonds is 10. The summed E-state index contributed by atoms with van der Waals surface area (Å²) in [5.41, 5.74) is 0.715. The van der Waals surface area contributed by atoms with Crippen LogP contribution in [0.4, 0.5) is 5.69 Å². The van der Waals surface area contributed by atoms with Gasteiger partial charge in [0.05, 0.1) is 32.0 Å². The van der Waals surface area contributed by atoms with Crippen LogP contribution < -0.4 is 9.62 Å². The summed E-state index contributed by atoms with van der Waals surface area (Å²) in [7, 11) is -3.94. The van der Waals surface area contributed by atoms with Gasteiger partial charge in [0.1, 0.15) is 12.6 Å². The molecule has 0 aliphatic heterocycles. The van der Waals surface area contributed by atoms with Crippen LogP contribution in [0.15, 0.2) is 36.4 Å². The van der Waals surface area contributed by atoms with Gasteiger partial charge in [-0.3, -0.25) is 13.9 Å². The highest BCUT2D eigenvalue weighted by Gasteiger charge is 2.33. The first-order chi connectivity index (χ1) is 17.9. The first kappa shape index (κ1) is 30.8. The van der Waals surface area contributed by atoms with Crippen molar-refractivity contribution in [2.24, 2.45) is 0 Å². The summed E-state index contributed by atoms with van der Waals surface area (Å²) in [5, 5.41) is 3.91. The SMILES string of the molecule is CC[C@H](C(=O)NC1CCCCC1)N(Cc1ccc(Cl)c(Cl)c1)C(=O)CN(c1cccc(Cl)c1Cl)S(C)(=O)=O. The zero-order valence-electron chi connectivity index (χ0n) is 21.2. The Morgan fingerprint density at radius 2 is 1.68 bits per heavy atom. The minimum atomic E-state index is -3.94. The van der Waals surface area contributed by atoms with Gasteiger partial charge in [-0.1, -0.05) is 84.7 Å². The lowest BCUT2D eigenvalue weighted by atomic mass is 9.95. The zero-order chi connectivity index (χ0) is 28.0. The highest BCUT2D eigenvalue weighted by Crippen LogP contribution is 2.34. The summed E-state index contributed by atoms with van der Waals surface area (Å²) < 4.78 is 26.4. The van der Waals surface area contributed by atoms with Crippen LogP contribution in [0.3, 0.4) is 0 Å². The van der Waals surface area contributed by atoms with Crippen molar-refractivity contribution in [3.05, 3.63) is 62.1 Å². The molecule has 1 aliphatic carbocycles. The molecule has 2 amide bonds. The summed E-state index contributed by atoms with van der Waals surface area (Å²) in [6.45, 7) is 1.25. The fourth-order valence-electron chi connectivity index (χ4n) is 4.58. The van der Waals surface area contributed by atoms with E-state index in [0.29, 0.717) is 22.0 Å². The van der Waals surface area contributed by atoms with E-state index in [2.05, 4.69) is 5.32 Å². The normalized spacial score (nSPS) is 15.1.